The molecule has 1 heterocycles. The van der Waals surface area contributed by atoms with Crippen molar-refractivity contribution in [2.24, 2.45) is 0 Å². The smallest absolute Gasteiger partial charge is 0.176 e. The van der Waals surface area contributed by atoms with E-state index in [1.54, 1.807) is 24.3 Å². The maximum Gasteiger partial charge on any atom is 0.176 e. The summed E-state index contributed by atoms with van der Waals surface area (Å²) in [5.74, 6) is 0.335. The van der Waals surface area contributed by atoms with Crippen LogP contribution < -0.4 is 5.32 Å². The molecule has 1 aliphatic rings. The van der Waals surface area contributed by atoms with Gasteiger partial charge in [0.05, 0.1) is 6.54 Å². The molecule has 110 valence electrons. The van der Waals surface area contributed by atoms with Gasteiger partial charge in [0.1, 0.15) is 5.75 Å². The van der Waals surface area contributed by atoms with Crippen molar-refractivity contribution in [3.8, 4) is 5.75 Å². The summed E-state index contributed by atoms with van der Waals surface area (Å²) in [4.78, 5) is 14.7. The highest BCUT2D eigenvalue weighted by Gasteiger charge is 2.22. The quantitative estimate of drug-likeness (QED) is 0.781. The Morgan fingerprint density at radius 3 is 2.55 bits per heavy atom. The van der Waals surface area contributed by atoms with Crippen molar-refractivity contribution in [2.75, 3.05) is 26.2 Å². The molecular weight excluding hydrogens is 252 g/mol. The number of hydrogen-bond acceptors (Lipinski definition) is 4. The largest absolute Gasteiger partial charge is 0.508 e. The van der Waals surface area contributed by atoms with Gasteiger partial charge in [0.15, 0.2) is 5.78 Å². The minimum absolute atomic E-state index is 0.136. The number of hydrogen-bond donors (Lipinski definition) is 2. The first-order valence-corrected chi connectivity index (χ1v) is 7.47. The third-order valence-corrected chi connectivity index (χ3v) is 3.87. The fourth-order valence-electron chi connectivity index (χ4n) is 2.77. The second kappa shape index (κ2) is 7.41. The van der Waals surface area contributed by atoms with Crippen LogP contribution in [0.25, 0.3) is 0 Å². The predicted octanol–water partition coefficient (Wildman–Crippen LogP) is 2.04. The second-order valence-electron chi connectivity index (χ2n) is 5.42. The van der Waals surface area contributed by atoms with Crippen LogP contribution in [-0.4, -0.2) is 48.0 Å². The molecule has 1 saturated heterocycles. The first-order chi connectivity index (χ1) is 9.70. The van der Waals surface area contributed by atoms with E-state index in [9.17, 15) is 9.90 Å². The maximum atomic E-state index is 12.3. The Labute approximate surface area is 120 Å². The fraction of sp³-hybridized carbons (Fsp3) is 0.562. The van der Waals surface area contributed by atoms with Crippen LogP contribution in [-0.2, 0) is 0 Å². The number of Topliss-reactive ketones (excluding diaryl/α,β-unsaturated/α-hetero) is 1. The van der Waals surface area contributed by atoms with Crippen molar-refractivity contribution in [3.05, 3.63) is 29.8 Å². The monoisotopic (exact) mass is 276 g/mol. The van der Waals surface area contributed by atoms with Crippen LogP contribution in [0.4, 0.5) is 0 Å². The van der Waals surface area contributed by atoms with Crippen LogP contribution >= 0.6 is 0 Å². The summed E-state index contributed by atoms with van der Waals surface area (Å²) in [6.45, 7) is 5.67. The summed E-state index contributed by atoms with van der Waals surface area (Å²) in [6.07, 6.45) is 3.29. The number of carbonyl (C=O) groups is 1. The standard InChI is InChI=1S/C16H24N2O2/c1-2-11-18(14-7-9-17-10-8-14)12-16(20)13-3-5-15(19)6-4-13/h3-6,14,17,19H,2,7-12H2,1H3. The summed E-state index contributed by atoms with van der Waals surface area (Å²) in [5, 5.41) is 12.6. The second-order valence-corrected chi connectivity index (χ2v) is 5.42. The fourth-order valence-corrected chi connectivity index (χ4v) is 2.77. The molecule has 4 nitrogen and oxygen atoms in total. The molecule has 0 spiro atoms. The Morgan fingerprint density at radius 2 is 1.95 bits per heavy atom. The number of phenolic OH excluding ortho intramolecular Hbond substituents is 1. The lowest BCUT2D eigenvalue weighted by Crippen LogP contribution is -2.45. The third-order valence-electron chi connectivity index (χ3n) is 3.87. The van der Waals surface area contributed by atoms with Crippen LogP contribution in [0.3, 0.4) is 0 Å². The van der Waals surface area contributed by atoms with E-state index in [0.717, 1.165) is 38.9 Å². The van der Waals surface area contributed by atoms with Gasteiger partial charge in [0, 0.05) is 11.6 Å². The first-order valence-electron chi connectivity index (χ1n) is 7.47. The van der Waals surface area contributed by atoms with Crippen LogP contribution in [0.5, 0.6) is 5.75 Å². The number of nitrogens with zero attached hydrogens (tertiary/aromatic N) is 1. The molecule has 1 aliphatic heterocycles. The van der Waals surface area contributed by atoms with Crippen molar-refractivity contribution in [2.45, 2.75) is 32.2 Å². The maximum absolute atomic E-state index is 12.3. The third kappa shape index (κ3) is 4.05. The zero-order valence-corrected chi connectivity index (χ0v) is 12.1. The number of carbonyl (C=O) groups excluding carboxylic acids is 1. The van der Waals surface area contributed by atoms with Crippen LogP contribution in [0.2, 0.25) is 0 Å². The van der Waals surface area contributed by atoms with Gasteiger partial charge in [-0.1, -0.05) is 6.92 Å². The molecule has 2 rings (SSSR count). The predicted molar refractivity (Wildman–Crippen MR) is 80.2 cm³/mol. The van der Waals surface area contributed by atoms with Gasteiger partial charge < -0.3 is 10.4 Å². The highest BCUT2D eigenvalue weighted by atomic mass is 16.3. The van der Waals surface area contributed by atoms with Crippen molar-refractivity contribution in [1.82, 2.24) is 10.2 Å². The van der Waals surface area contributed by atoms with Gasteiger partial charge in [-0.25, -0.2) is 0 Å². The SMILES string of the molecule is CCCN(CC(=O)c1ccc(O)cc1)C1CCNCC1. The van der Waals surface area contributed by atoms with Crippen LogP contribution in [0.1, 0.15) is 36.5 Å². The van der Waals surface area contributed by atoms with Gasteiger partial charge in [-0.15, -0.1) is 0 Å². The molecular formula is C16H24N2O2. The zero-order chi connectivity index (χ0) is 14.4. The zero-order valence-electron chi connectivity index (χ0n) is 12.1. The highest BCUT2D eigenvalue weighted by molar-refractivity contribution is 5.97. The summed E-state index contributed by atoms with van der Waals surface area (Å²) < 4.78 is 0. The molecule has 0 atom stereocenters. The minimum Gasteiger partial charge on any atom is -0.508 e. The molecule has 0 unspecified atom stereocenters. The Balaban J connectivity index is 1.99. The highest BCUT2D eigenvalue weighted by Crippen LogP contribution is 2.15. The lowest BCUT2D eigenvalue weighted by molar-refractivity contribution is 0.0865. The van der Waals surface area contributed by atoms with Crippen molar-refractivity contribution in [3.63, 3.8) is 0 Å². The Morgan fingerprint density at radius 1 is 1.30 bits per heavy atom. The van der Waals surface area contributed by atoms with Gasteiger partial charge in [-0.05, 0) is 63.2 Å². The summed E-state index contributed by atoms with van der Waals surface area (Å²) in [7, 11) is 0. The minimum atomic E-state index is 0.136. The number of aromatic hydroxyl groups is 1. The number of benzene rings is 1. The van der Waals surface area contributed by atoms with E-state index in [1.165, 1.54) is 0 Å². The first kappa shape index (κ1) is 15.0. The summed E-state index contributed by atoms with van der Waals surface area (Å²) >= 11 is 0. The molecule has 0 amide bonds. The van der Waals surface area contributed by atoms with E-state index in [-0.39, 0.29) is 11.5 Å². The van der Waals surface area contributed by atoms with Gasteiger partial charge in [0.2, 0.25) is 0 Å². The van der Waals surface area contributed by atoms with E-state index in [4.69, 9.17) is 0 Å². The van der Waals surface area contributed by atoms with Crippen LogP contribution in [0.15, 0.2) is 24.3 Å². The number of ketones is 1. The molecule has 2 N–H and O–H groups in total. The number of nitrogens with one attached hydrogen (secondary N) is 1. The Kier molecular flexibility index (Phi) is 5.56. The van der Waals surface area contributed by atoms with Gasteiger partial charge in [-0.2, -0.15) is 0 Å². The van der Waals surface area contributed by atoms with Gasteiger partial charge >= 0.3 is 0 Å². The topological polar surface area (TPSA) is 52.6 Å². The van der Waals surface area contributed by atoms with Crippen molar-refractivity contribution >= 4 is 5.78 Å². The Bertz CT molecular complexity index is 425. The van der Waals surface area contributed by atoms with E-state index in [0.29, 0.717) is 18.2 Å². The molecule has 0 saturated carbocycles. The molecule has 1 aromatic carbocycles. The molecule has 4 heteroatoms. The normalized spacial score (nSPS) is 16.5. The molecule has 0 bridgehead atoms. The van der Waals surface area contributed by atoms with Gasteiger partial charge in [0.25, 0.3) is 0 Å². The lowest BCUT2D eigenvalue weighted by atomic mass is 10.0. The number of phenols is 1. The average molecular weight is 276 g/mol. The summed E-state index contributed by atoms with van der Waals surface area (Å²) in [6, 6.07) is 7.05. The van der Waals surface area contributed by atoms with Gasteiger partial charge in [-0.3, -0.25) is 9.69 Å². The molecule has 0 aliphatic carbocycles. The van der Waals surface area contributed by atoms with Crippen LogP contribution in [0, 0.1) is 0 Å². The lowest BCUT2D eigenvalue weighted by Gasteiger charge is -2.34. The number of rotatable bonds is 6. The summed E-state index contributed by atoms with van der Waals surface area (Å²) in [5.41, 5.74) is 0.679. The molecule has 20 heavy (non-hydrogen) atoms. The Hall–Kier alpha value is -1.39. The molecule has 1 fully saturated rings. The molecule has 1 aromatic rings. The molecule has 0 aromatic heterocycles. The van der Waals surface area contributed by atoms with E-state index >= 15 is 0 Å². The number of piperidine rings is 1. The van der Waals surface area contributed by atoms with E-state index in [1.807, 2.05) is 0 Å². The van der Waals surface area contributed by atoms with E-state index in [2.05, 4.69) is 17.1 Å². The van der Waals surface area contributed by atoms with Crippen molar-refractivity contribution < 1.29 is 9.90 Å². The van der Waals surface area contributed by atoms with E-state index < -0.39 is 0 Å². The molecule has 0 radical (unpaired) electrons. The average Bonchev–Trinajstić information content (AvgIpc) is 2.48. The van der Waals surface area contributed by atoms with Crippen molar-refractivity contribution in [1.29, 1.82) is 0 Å².